The quantitative estimate of drug-likeness (QED) is 0.712. The summed E-state index contributed by atoms with van der Waals surface area (Å²) in [5.41, 5.74) is 8.46. The predicted octanol–water partition coefficient (Wildman–Crippen LogP) is 1.68. The molecule has 0 bridgehead atoms. The predicted molar refractivity (Wildman–Crippen MR) is 64.5 cm³/mol. The third-order valence-electron chi connectivity index (χ3n) is 2.83. The summed E-state index contributed by atoms with van der Waals surface area (Å²) in [4.78, 5) is 0. The van der Waals surface area contributed by atoms with Crippen LogP contribution in [0, 0.1) is 0 Å². The van der Waals surface area contributed by atoms with Crippen molar-refractivity contribution in [1.29, 1.82) is 0 Å². The number of nitrogens with one attached hydrogen (secondary N) is 1. The lowest BCUT2D eigenvalue weighted by Crippen LogP contribution is -2.35. The Kier molecular flexibility index (Phi) is 3.54. The Bertz CT molecular complexity index is 304. The molecule has 2 nitrogen and oxygen atoms in total. The molecule has 0 aromatic carbocycles. The minimum absolute atomic E-state index is 0.388. The minimum Gasteiger partial charge on any atom is -0.329 e. The van der Waals surface area contributed by atoms with Crippen LogP contribution >= 0.6 is 0 Å². The molecule has 0 amide bonds. The summed E-state index contributed by atoms with van der Waals surface area (Å²) in [6, 6.07) is 0.388. The van der Waals surface area contributed by atoms with Crippen molar-refractivity contribution in [2.24, 2.45) is 5.73 Å². The van der Waals surface area contributed by atoms with E-state index >= 15 is 0 Å². The topological polar surface area (TPSA) is 38.0 Å². The van der Waals surface area contributed by atoms with E-state index in [9.17, 15) is 0 Å². The molecule has 2 aliphatic rings. The zero-order valence-corrected chi connectivity index (χ0v) is 8.95. The highest BCUT2D eigenvalue weighted by Gasteiger charge is 2.18. The van der Waals surface area contributed by atoms with Crippen molar-refractivity contribution in [1.82, 2.24) is 5.32 Å². The van der Waals surface area contributed by atoms with Gasteiger partial charge in [0.15, 0.2) is 0 Å². The highest BCUT2D eigenvalue weighted by molar-refractivity contribution is 5.39. The third-order valence-corrected chi connectivity index (χ3v) is 2.83. The SMILES string of the molecule is NCCNC(C1=CC=CC1)C1=CC=CC1. The van der Waals surface area contributed by atoms with Gasteiger partial charge < -0.3 is 11.1 Å². The van der Waals surface area contributed by atoms with E-state index in [1.54, 1.807) is 0 Å². The van der Waals surface area contributed by atoms with Crippen molar-refractivity contribution < 1.29 is 0 Å². The minimum atomic E-state index is 0.388. The van der Waals surface area contributed by atoms with Gasteiger partial charge in [0.2, 0.25) is 0 Å². The largest absolute Gasteiger partial charge is 0.329 e. The number of nitrogens with two attached hydrogens (primary N) is 1. The van der Waals surface area contributed by atoms with Gasteiger partial charge in [-0.1, -0.05) is 36.5 Å². The average molecular weight is 202 g/mol. The van der Waals surface area contributed by atoms with Crippen LogP contribution in [-0.2, 0) is 0 Å². The van der Waals surface area contributed by atoms with Crippen molar-refractivity contribution in [2.75, 3.05) is 13.1 Å². The fraction of sp³-hybridized carbons (Fsp3) is 0.385. The van der Waals surface area contributed by atoms with Gasteiger partial charge in [0.25, 0.3) is 0 Å². The summed E-state index contributed by atoms with van der Waals surface area (Å²) in [5, 5.41) is 3.51. The van der Waals surface area contributed by atoms with Crippen LogP contribution in [-0.4, -0.2) is 19.1 Å². The molecule has 0 heterocycles. The number of rotatable bonds is 5. The fourth-order valence-electron chi connectivity index (χ4n) is 2.08. The Morgan fingerprint density at radius 3 is 2.13 bits per heavy atom. The summed E-state index contributed by atoms with van der Waals surface area (Å²) in [6.45, 7) is 1.57. The first-order chi connectivity index (χ1) is 7.42. The number of allylic oxidation sites excluding steroid dienone is 6. The van der Waals surface area contributed by atoms with Gasteiger partial charge in [0.1, 0.15) is 0 Å². The van der Waals surface area contributed by atoms with Crippen LogP contribution in [0.3, 0.4) is 0 Å². The zero-order chi connectivity index (χ0) is 10.5. The van der Waals surface area contributed by atoms with Crippen molar-refractivity contribution in [2.45, 2.75) is 18.9 Å². The normalized spacial score (nSPS) is 18.8. The van der Waals surface area contributed by atoms with E-state index in [-0.39, 0.29) is 0 Å². The third kappa shape index (κ3) is 2.46. The Hall–Kier alpha value is -1.12. The summed E-state index contributed by atoms with van der Waals surface area (Å²) >= 11 is 0. The molecule has 2 heteroatoms. The van der Waals surface area contributed by atoms with Crippen LogP contribution in [0.2, 0.25) is 0 Å². The molecule has 15 heavy (non-hydrogen) atoms. The second-order valence-corrected chi connectivity index (χ2v) is 3.92. The summed E-state index contributed by atoms with van der Waals surface area (Å²) in [6.07, 6.45) is 15.2. The van der Waals surface area contributed by atoms with Crippen molar-refractivity contribution in [3.8, 4) is 0 Å². The molecule has 2 rings (SSSR count). The Labute approximate surface area is 91.2 Å². The van der Waals surface area contributed by atoms with Crippen LogP contribution < -0.4 is 11.1 Å². The smallest absolute Gasteiger partial charge is 0.0507 e. The molecule has 3 N–H and O–H groups in total. The van der Waals surface area contributed by atoms with E-state index in [1.807, 2.05) is 0 Å². The fourth-order valence-corrected chi connectivity index (χ4v) is 2.08. The second kappa shape index (κ2) is 5.10. The van der Waals surface area contributed by atoms with E-state index in [1.165, 1.54) is 11.1 Å². The molecule has 0 aromatic heterocycles. The van der Waals surface area contributed by atoms with Gasteiger partial charge in [0.05, 0.1) is 6.04 Å². The van der Waals surface area contributed by atoms with Gasteiger partial charge in [-0.15, -0.1) is 0 Å². The van der Waals surface area contributed by atoms with Gasteiger partial charge in [-0.3, -0.25) is 0 Å². The van der Waals surface area contributed by atoms with E-state index in [0.29, 0.717) is 12.6 Å². The summed E-state index contributed by atoms with van der Waals surface area (Å²) in [7, 11) is 0. The zero-order valence-electron chi connectivity index (χ0n) is 8.95. The second-order valence-electron chi connectivity index (χ2n) is 3.92. The van der Waals surface area contributed by atoms with Crippen molar-refractivity contribution in [3.05, 3.63) is 47.6 Å². The Balaban J connectivity index is 2.02. The van der Waals surface area contributed by atoms with E-state index in [2.05, 4.69) is 41.8 Å². The van der Waals surface area contributed by atoms with Crippen LogP contribution in [0.15, 0.2) is 47.6 Å². The molecule has 0 fully saturated rings. The molecule has 2 aliphatic carbocycles. The first-order valence-electron chi connectivity index (χ1n) is 5.56. The first-order valence-corrected chi connectivity index (χ1v) is 5.56. The standard InChI is InChI=1S/C13H18N2/c14-9-10-15-13(11-5-1-2-6-11)12-7-3-4-8-12/h1-5,7,13,15H,6,8-10,14H2. The Morgan fingerprint density at radius 1 is 1.13 bits per heavy atom. The average Bonchev–Trinajstić information content (AvgIpc) is 2.90. The van der Waals surface area contributed by atoms with Crippen molar-refractivity contribution in [3.63, 3.8) is 0 Å². The Morgan fingerprint density at radius 2 is 1.73 bits per heavy atom. The van der Waals surface area contributed by atoms with Crippen LogP contribution in [0.25, 0.3) is 0 Å². The lowest BCUT2D eigenvalue weighted by atomic mass is 9.97. The molecular weight excluding hydrogens is 184 g/mol. The summed E-state index contributed by atoms with van der Waals surface area (Å²) < 4.78 is 0. The molecule has 0 unspecified atom stereocenters. The molecule has 0 atom stereocenters. The maximum atomic E-state index is 5.54. The van der Waals surface area contributed by atoms with Gasteiger partial charge in [0, 0.05) is 13.1 Å². The first kappa shape index (κ1) is 10.4. The van der Waals surface area contributed by atoms with Gasteiger partial charge in [-0.05, 0) is 24.0 Å². The van der Waals surface area contributed by atoms with Crippen LogP contribution in [0.4, 0.5) is 0 Å². The van der Waals surface area contributed by atoms with Gasteiger partial charge in [-0.25, -0.2) is 0 Å². The van der Waals surface area contributed by atoms with Crippen LogP contribution in [0.1, 0.15) is 12.8 Å². The monoisotopic (exact) mass is 202 g/mol. The van der Waals surface area contributed by atoms with E-state index < -0.39 is 0 Å². The van der Waals surface area contributed by atoms with E-state index in [4.69, 9.17) is 5.73 Å². The molecule has 0 aliphatic heterocycles. The lowest BCUT2D eigenvalue weighted by Gasteiger charge is -2.21. The highest BCUT2D eigenvalue weighted by atomic mass is 14.9. The van der Waals surface area contributed by atoms with E-state index in [0.717, 1.165) is 19.4 Å². The maximum absolute atomic E-state index is 5.54. The molecule has 0 saturated heterocycles. The maximum Gasteiger partial charge on any atom is 0.0507 e. The molecule has 0 radical (unpaired) electrons. The van der Waals surface area contributed by atoms with Gasteiger partial charge in [-0.2, -0.15) is 0 Å². The molecule has 0 aromatic rings. The highest BCUT2D eigenvalue weighted by Crippen LogP contribution is 2.24. The number of hydrogen-bond acceptors (Lipinski definition) is 2. The lowest BCUT2D eigenvalue weighted by molar-refractivity contribution is 0.621. The van der Waals surface area contributed by atoms with Crippen LogP contribution in [0.5, 0.6) is 0 Å². The molecule has 0 spiro atoms. The van der Waals surface area contributed by atoms with Crippen molar-refractivity contribution >= 4 is 0 Å². The molecule has 80 valence electrons. The molecular formula is C13H18N2. The number of hydrogen-bond donors (Lipinski definition) is 2. The summed E-state index contributed by atoms with van der Waals surface area (Å²) in [5.74, 6) is 0. The van der Waals surface area contributed by atoms with Gasteiger partial charge >= 0.3 is 0 Å². The molecule has 0 saturated carbocycles.